The molecule has 7 aromatic rings. The smallest absolute Gasteiger partial charge is 0.228 e. The molecular weight excluding hydrogens is 638 g/mol. The molecule has 4 N–H and O–H groups in total. The SMILES string of the molecule is CS(=O)(=O)NCc1cc(F)cc(-c2ccnc3nc(-c4n[nH]c5ccc(-c6cncc(NC(=O)Cc7ccccc7)c6)c(F)c45)[nH]c23)c1. The average Bonchev–Trinajstić information content (AvgIpc) is 3.69. The number of nitrogens with one attached hydrogen (secondary N) is 4. The van der Waals surface area contributed by atoms with Gasteiger partial charge in [0.2, 0.25) is 15.9 Å². The molecular formula is C34H26F2N8O3S. The Balaban J connectivity index is 1.22. The third-order valence-corrected chi connectivity index (χ3v) is 8.30. The number of sulfonamides is 1. The third kappa shape index (κ3) is 6.38. The van der Waals surface area contributed by atoms with Crippen LogP contribution in [0.5, 0.6) is 0 Å². The minimum Gasteiger partial charge on any atom is -0.335 e. The van der Waals surface area contributed by atoms with Gasteiger partial charge in [-0.1, -0.05) is 30.3 Å². The van der Waals surface area contributed by atoms with Crippen molar-refractivity contribution in [2.24, 2.45) is 0 Å². The van der Waals surface area contributed by atoms with Gasteiger partial charge in [-0.15, -0.1) is 0 Å². The minimum absolute atomic E-state index is 0.0919. The number of carbonyl (C=O) groups is 1. The van der Waals surface area contributed by atoms with Gasteiger partial charge in [-0.25, -0.2) is 31.9 Å². The van der Waals surface area contributed by atoms with E-state index in [4.69, 9.17) is 0 Å². The molecule has 4 heterocycles. The summed E-state index contributed by atoms with van der Waals surface area (Å²) < 4.78 is 56.5. The Morgan fingerprint density at radius 2 is 1.75 bits per heavy atom. The second kappa shape index (κ2) is 12.4. The lowest BCUT2D eigenvalue weighted by Crippen LogP contribution is -2.21. The Labute approximate surface area is 272 Å². The molecule has 0 spiro atoms. The molecule has 1 amide bonds. The summed E-state index contributed by atoms with van der Waals surface area (Å²) in [5.74, 6) is -1.13. The molecule has 0 bridgehead atoms. The standard InChI is InChI=1S/C34H26F2N8O3S/c1-48(46,47)39-16-20-11-21(14-23(35)12-20)26-9-10-38-33-31(26)41-34(42-33)32-29-27(43-44-32)8-7-25(30(29)36)22-15-24(18-37-17-22)40-28(45)13-19-5-3-2-4-6-19/h2-12,14-15,17-18,39H,13,16H2,1H3,(H,40,45)(H,43,44)(H,38,41,42). The van der Waals surface area contributed by atoms with Crippen molar-refractivity contribution in [2.45, 2.75) is 13.0 Å². The number of nitrogens with zero attached hydrogens (tertiary/aromatic N) is 4. The highest BCUT2D eigenvalue weighted by Crippen LogP contribution is 2.35. The highest BCUT2D eigenvalue weighted by molar-refractivity contribution is 7.88. The number of hydrogen-bond donors (Lipinski definition) is 4. The van der Waals surface area contributed by atoms with Crippen molar-refractivity contribution in [2.75, 3.05) is 11.6 Å². The molecule has 0 radical (unpaired) electrons. The number of rotatable bonds is 9. The molecule has 0 unspecified atom stereocenters. The summed E-state index contributed by atoms with van der Waals surface area (Å²) in [6.45, 7) is -0.0919. The summed E-state index contributed by atoms with van der Waals surface area (Å²) in [7, 11) is -3.49. The van der Waals surface area contributed by atoms with Gasteiger partial charge in [0.25, 0.3) is 0 Å². The number of carbonyl (C=O) groups excluding carboxylic acids is 1. The lowest BCUT2D eigenvalue weighted by atomic mass is 10.0. The third-order valence-electron chi connectivity index (χ3n) is 7.63. The van der Waals surface area contributed by atoms with Gasteiger partial charge in [0.15, 0.2) is 11.5 Å². The molecule has 0 aliphatic carbocycles. The summed E-state index contributed by atoms with van der Waals surface area (Å²) in [5, 5.41) is 10.2. The number of halogens is 2. The fraction of sp³-hybridized carbons (Fsp3) is 0.0882. The van der Waals surface area contributed by atoms with E-state index in [0.717, 1.165) is 11.8 Å². The van der Waals surface area contributed by atoms with Crippen LogP contribution in [0.15, 0.2) is 91.4 Å². The van der Waals surface area contributed by atoms with Crippen LogP contribution in [0.2, 0.25) is 0 Å². The number of imidazole rings is 1. The van der Waals surface area contributed by atoms with Crippen LogP contribution < -0.4 is 10.0 Å². The number of hydrogen-bond acceptors (Lipinski definition) is 7. The molecule has 0 aliphatic rings. The lowest BCUT2D eigenvalue weighted by Gasteiger charge is -2.09. The lowest BCUT2D eigenvalue weighted by molar-refractivity contribution is -0.115. The largest absolute Gasteiger partial charge is 0.335 e. The number of aromatic amines is 2. The van der Waals surface area contributed by atoms with E-state index in [-0.39, 0.29) is 41.3 Å². The van der Waals surface area contributed by atoms with E-state index in [0.29, 0.717) is 44.6 Å². The number of anilines is 1. The summed E-state index contributed by atoms with van der Waals surface area (Å²) in [4.78, 5) is 28.9. The van der Waals surface area contributed by atoms with E-state index in [9.17, 15) is 17.6 Å². The number of amides is 1. The molecule has 240 valence electrons. The normalized spacial score (nSPS) is 11.7. The number of aromatic nitrogens is 6. The van der Waals surface area contributed by atoms with Gasteiger partial charge in [-0.3, -0.25) is 14.9 Å². The van der Waals surface area contributed by atoms with Crippen LogP contribution in [0.25, 0.3) is 55.8 Å². The predicted molar refractivity (Wildman–Crippen MR) is 178 cm³/mol. The Bertz CT molecular complexity index is 2450. The minimum atomic E-state index is -3.49. The predicted octanol–water partition coefficient (Wildman–Crippen LogP) is 5.74. The van der Waals surface area contributed by atoms with Crippen molar-refractivity contribution in [3.63, 3.8) is 0 Å². The van der Waals surface area contributed by atoms with E-state index >= 15 is 4.39 Å². The zero-order valence-electron chi connectivity index (χ0n) is 25.3. The number of pyridine rings is 2. The first-order valence-electron chi connectivity index (χ1n) is 14.7. The van der Waals surface area contributed by atoms with Gasteiger partial charge in [-0.05, 0) is 59.2 Å². The van der Waals surface area contributed by atoms with Crippen molar-refractivity contribution in [3.8, 4) is 33.8 Å². The Kier molecular flexibility index (Phi) is 7.94. The van der Waals surface area contributed by atoms with E-state index in [2.05, 4.69) is 40.2 Å². The van der Waals surface area contributed by atoms with Crippen LogP contribution in [-0.4, -0.2) is 50.7 Å². The number of H-pyrrole nitrogens is 2. The topological polar surface area (TPSA) is 158 Å². The van der Waals surface area contributed by atoms with Crippen LogP contribution >= 0.6 is 0 Å². The maximum absolute atomic E-state index is 16.3. The molecule has 4 aromatic heterocycles. The monoisotopic (exact) mass is 664 g/mol. The van der Waals surface area contributed by atoms with E-state index in [1.807, 2.05) is 30.3 Å². The highest BCUT2D eigenvalue weighted by atomic mass is 32.2. The Morgan fingerprint density at radius 1 is 0.917 bits per heavy atom. The molecule has 3 aromatic carbocycles. The van der Waals surface area contributed by atoms with Crippen molar-refractivity contribution < 1.29 is 22.0 Å². The van der Waals surface area contributed by atoms with Crippen LogP contribution in [0.3, 0.4) is 0 Å². The Morgan fingerprint density at radius 3 is 2.56 bits per heavy atom. The van der Waals surface area contributed by atoms with Gasteiger partial charge < -0.3 is 10.3 Å². The summed E-state index contributed by atoms with van der Waals surface area (Å²) in [6.07, 6.45) is 5.72. The van der Waals surface area contributed by atoms with Gasteiger partial charge in [-0.2, -0.15) is 5.10 Å². The highest BCUT2D eigenvalue weighted by Gasteiger charge is 2.21. The van der Waals surface area contributed by atoms with Crippen LogP contribution in [0, 0.1) is 11.6 Å². The van der Waals surface area contributed by atoms with Crippen molar-refractivity contribution in [1.29, 1.82) is 0 Å². The maximum atomic E-state index is 16.3. The molecule has 7 rings (SSSR count). The molecule has 14 heteroatoms. The van der Waals surface area contributed by atoms with Gasteiger partial charge in [0.05, 0.1) is 41.0 Å². The van der Waals surface area contributed by atoms with E-state index in [1.165, 1.54) is 30.7 Å². The van der Waals surface area contributed by atoms with E-state index < -0.39 is 21.7 Å². The first-order chi connectivity index (χ1) is 23.1. The second-order valence-electron chi connectivity index (χ2n) is 11.2. The first-order valence-corrected chi connectivity index (χ1v) is 16.6. The molecule has 11 nitrogen and oxygen atoms in total. The van der Waals surface area contributed by atoms with Crippen LogP contribution in [0.4, 0.5) is 14.5 Å². The number of benzene rings is 3. The summed E-state index contributed by atoms with van der Waals surface area (Å²) >= 11 is 0. The van der Waals surface area contributed by atoms with Crippen molar-refractivity contribution in [1.82, 2.24) is 34.9 Å². The summed E-state index contributed by atoms with van der Waals surface area (Å²) in [6, 6.07) is 20.2. The zero-order valence-corrected chi connectivity index (χ0v) is 26.1. The fourth-order valence-electron chi connectivity index (χ4n) is 5.50. The number of fused-ring (bicyclic) bond motifs is 2. The molecule has 48 heavy (non-hydrogen) atoms. The van der Waals surface area contributed by atoms with Crippen LogP contribution in [-0.2, 0) is 27.8 Å². The summed E-state index contributed by atoms with van der Waals surface area (Å²) in [5.41, 5.74) is 4.77. The Hall–Kier alpha value is -5.86. The maximum Gasteiger partial charge on any atom is 0.228 e. The zero-order chi connectivity index (χ0) is 33.4. The molecule has 0 fully saturated rings. The van der Waals surface area contributed by atoms with Crippen molar-refractivity contribution >= 4 is 43.7 Å². The first kappa shape index (κ1) is 30.8. The molecule has 0 saturated carbocycles. The van der Waals surface area contributed by atoms with Gasteiger partial charge >= 0.3 is 0 Å². The van der Waals surface area contributed by atoms with Gasteiger partial charge in [0.1, 0.15) is 17.3 Å². The van der Waals surface area contributed by atoms with Gasteiger partial charge in [0, 0.05) is 35.6 Å². The molecule has 0 saturated heterocycles. The quantitative estimate of drug-likeness (QED) is 0.153. The van der Waals surface area contributed by atoms with E-state index in [1.54, 1.807) is 30.3 Å². The van der Waals surface area contributed by atoms with Crippen molar-refractivity contribution in [3.05, 3.63) is 114 Å². The van der Waals surface area contributed by atoms with Crippen LogP contribution in [0.1, 0.15) is 11.1 Å². The average molecular weight is 665 g/mol. The fourth-order valence-corrected chi connectivity index (χ4v) is 5.92. The molecule has 0 atom stereocenters. The second-order valence-corrected chi connectivity index (χ2v) is 13.0. The molecule has 0 aliphatic heterocycles.